The molecule has 1 atom stereocenters. The van der Waals surface area contributed by atoms with Gasteiger partial charge < -0.3 is 14.6 Å². The fourth-order valence-corrected chi connectivity index (χ4v) is 3.34. The van der Waals surface area contributed by atoms with Gasteiger partial charge in [-0.05, 0) is 61.6 Å². The highest BCUT2D eigenvalue weighted by atomic mass is 16.5. The van der Waals surface area contributed by atoms with Gasteiger partial charge in [-0.15, -0.1) is 0 Å². The van der Waals surface area contributed by atoms with E-state index in [4.69, 9.17) is 4.74 Å². The Bertz CT molecular complexity index is 892. The minimum Gasteiger partial charge on any atom is -0.495 e. The van der Waals surface area contributed by atoms with Crippen LogP contribution in [0.2, 0.25) is 0 Å². The molecule has 1 aliphatic carbocycles. The Morgan fingerprint density at radius 2 is 2.22 bits per heavy atom. The number of methoxy groups -OCH3 is 1. The van der Waals surface area contributed by atoms with Gasteiger partial charge in [0.2, 0.25) is 5.91 Å². The molecule has 0 radical (unpaired) electrons. The maximum absolute atomic E-state index is 12.3. The summed E-state index contributed by atoms with van der Waals surface area (Å²) in [6, 6.07) is 5.90. The summed E-state index contributed by atoms with van der Waals surface area (Å²) >= 11 is 0. The number of hydrogen-bond acceptors (Lipinski definition) is 3. The molecule has 0 saturated heterocycles. The number of aromatic nitrogens is 2. The molecule has 0 saturated carbocycles. The van der Waals surface area contributed by atoms with Crippen LogP contribution in [0.3, 0.4) is 0 Å². The van der Waals surface area contributed by atoms with Crippen LogP contribution in [0.15, 0.2) is 66.3 Å². The van der Waals surface area contributed by atoms with Crippen LogP contribution in [0, 0.1) is 0 Å². The zero-order chi connectivity index (χ0) is 19.2. The minimum atomic E-state index is -0.0823. The van der Waals surface area contributed by atoms with Gasteiger partial charge in [0.1, 0.15) is 5.75 Å². The van der Waals surface area contributed by atoms with Crippen molar-refractivity contribution >= 4 is 12.0 Å². The molecule has 2 aromatic rings. The number of imidazole rings is 1. The van der Waals surface area contributed by atoms with Crippen LogP contribution in [0.5, 0.6) is 5.75 Å². The van der Waals surface area contributed by atoms with Gasteiger partial charge in [0.15, 0.2) is 0 Å². The molecule has 0 fully saturated rings. The average molecular weight is 363 g/mol. The lowest BCUT2D eigenvalue weighted by atomic mass is 10.1. The predicted octanol–water partition coefficient (Wildman–Crippen LogP) is 4.07. The van der Waals surface area contributed by atoms with E-state index in [9.17, 15) is 4.79 Å². The summed E-state index contributed by atoms with van der Waals surface area (Å²) in [5.74, 6) is 0.666. The van der Waals surface area contributed by atoms with E-state index in [0.29, 0.717) is 0 Å². The Morgan fingerprint density at radius 3 is 2.93 bits per heavy atom. The molecule has 1 aliphatic rings. The molecule has 1 aromatic heterocycles. The van der Waals surface area contributed by atoms with Crippen molar-refractivity contribution < 1.29 is 9.53 Å². The van der Waals surface area contributed by atoms with E-state index in [1.54, 1.807) is 25.7 Å². The van der Waals surface area contributed by atoms with E-state index in [-0.39, 0.29) is 11.9 Å². The molecule has 140 valence electrons. The van der Waals surface area contributed by atoms with Gasteiger partial charge in [0.05, 0.1) is 25.2 Å². The van der Waals surface area contributed by atoms with Crippen LogP contribution in [-0.2, 0) is 4.79 Å². The van der Waals surface area contributed by atoms with Crippen LogP contribution in [0.4, 0.5) is 0 Å². The first-order valence-electron chi connectivity index (χ1n) is 9.09. The quantitative estimate of drug-likeness (QED) is 0.787. The fraction of sp³-hybridized carbons (Fsp3) is 0.273. The number of nitrogens with zero attached hydrogens (tertiary/aromatic N) is 2. The van der Waals surface area contributed by atoms with E-state index in [1.165, 1.54) is 11.1 Å². The number of benzene rings is 1. The highest BCUT2D eigenvalue weighted by Crippen LogP contribution is 2.27. The van der Waals surface area contributed by atoms with Gasteiger partial charge in [-0.2, -0.15) is 0 Å². The van der Waals surface area contributed by atoms with Gasteiger partial charge >= 0.3 is 0 Å². The van der Waals surface area contributed by atoms with E-state index < -0.39 is 0 Å². The van der Waals surface area contributed by atoms with Gasteiger partial charge in [-0.3, -0.25) is 4.79 Å². The van der Waals surface area contributed by atoms with Crippen molar-refractivity contribution in [3.8, 4) is 11.4 Å². The van der Waals surface area contributed by atoms with E-state index in [2.05, 4.69) is 23.3 Å². The summed E-state index contributed by atoms with van der Waals surface area (Å²) < 4.78 is 7.30. The van der Waals surface area contributed by atoms with Gasteiger partial charge in [-0.1, -0.05) is 18.2 Å². The van der Waals surface area contributed by atoms with Gasteiger partial charge in [-0.25, -0.2) is 4.98 Å². The number of carbonyl (C=O) groups is 1. The van der Waals surface area contributed by atoms with Crippen LogP contribution >= 0.6 is 0 Å². The minimum absolute atomic E-state index is 0.0823. The second-order valence-electron chi connectivity index (χ2n) is 6.54. The maximum atomic E-state index is 12.3. The molecular formula is C22H25N3O2. The van der Waals surface area contributed by atoms with E-state index in [1.807, 2.05) is 48.0 Å². The monoisotopic (exact) mass is 363 g/mol. The van der Waals surface area contributed by atoms with Gasteiger partial charge in [0, 0.05) is 18.5 Å². The molecule has 0 bridgehead atoms. The first kappa shape index (κ1) is 18.7. The predicted molar refractivity (Wildman–Crippen MR) is 108 cm³/mol. The van der Waals surface area contributed by atoms with Crippen LogP contribution in [-0.4, -0.2) is 28.6 Å². The second kappa shape index (κ2) is 8.54. The van der Waals surface area contributed by atoms with Gasteiger partial charge in [0.25, 0.3) is 0 Å². The van der Waals surface area contributed by atoms with Crippen LogP contribution < -0.4 is 10.1 Å². The molecule has 1 amide bonds. The smallest absolute Gasteiger partial charge is 0.244 e. The summed E-state index contributed by atoms with van der Waals surface area (Å²) in [5, 5.41) is 3.09. The molecule has 5 heteroatoms. The highest BCUT2D eigenvalue weighted by molar-refractivity contribution is 5.92. The van der Waals surface area contributed by atoms with Crippen molar-refractivity contribution in [2.45, 2.75) is 32.7 Å². The van der Waals surface area contributed by atoms with Crippen molar-refractivity contribution in [3.63, 3.8) is 0 Å². The molecule has 0 spiro atoms. The summed E-state index contributed by atoms with van der Waals surface area (Å²) in [5.41, 5.74) is 4.37. The summed E-state index contributed by atoms with van der Waals surface area (Å²) in [4.78, 5) is 16.4. The Balaban J connectivity index is 1.71. The SMILES string of the molecule is C/C=C\C1=C(C)C(NC(=O)/C=C/c2ccc(OC)c(-n3ccnc3)c2)CC1. The Morgan fingerprint density at radius 1 is 1.37 bits per heavy atom. The topological polar surface area (TPSA) is 56.1 Å². The van der Waals surface area contributed by atoms with Crippen molar-refractivity contribution in [2.24, 2.45) is 0 Å². The molecule has 1 aromatic carbocycles. The number of allylic oxidation sites excluding steroid dienone is 3. The number of carbonyl (C=O) groups excluding carboxylic acids is 1. The number of rotatable bonds is 6. The lowest BCUT2D eigenvalue weighted by molar-refractivity contribution is -0.116. The molecule has 1 N–H and O–H groups in total. The third kappa shape index (κ3) is 4.37. The van der Waals surface area contributed by atoms with Crippen LogP contribution in [0.25, 0.3) is 11.8 Å². The van der Waals surface area contributed by atoms with E-state index >= 15 is 0 Å². The molecule has 5 nitrogen and oxygen atoms in total. The van der Waals surface area contributed by atoms with Crippen molar-refractivity contribution in [3.05, 3.63) is 71.9 Å². The van der Waals surface area contributed by atoms with Crippen molar-refractivity contribution in [1.29, 1.82) is 0 Å². The average Bonchev–Trinajstić information content (AvgIpc) is 3.32. The summed E-state index contributed by atoms with van der Waals surface area (Å²) in [6.45, 7) is 4.11. The zero-order valence-corrected chi connectivity index (χ0v) is 16.0. The zero-order valence-electron chi connectivity index (χ0n) is 16.0. The standard InChI is InChI=1S/C22H25N3O2/c1-4-5-18-8-9-19(16(18)2)24-22(26)11-7-17-6-10-21(27-3)20(14-17)25-13-12-23-15-25/h4-7,10-15,19H,8-9H2,1-3H3,(H,24,26)/b5-4-,11-7+. The summed E-state index contributed by atoms with van der Waals surface area (Å²) in [6.07, 6.45) is 14.8. The first-order chi connectivity index (χ1) is 13.1. The highest BCUT2D eigenvalue weighted by Gasteiger charge is 2.21. The third-order valence-electron chi connectivity index (χ3n) is 4.83. The Kier molecular flexibility index (Phi) is 5.91. The molecule has 27 heavy (non-hydrogen) atoms. The summed E-state index contributed by atoms with van der Waals surface area (Å²) in [7, 11) is 1.64. The third-order valence-corrected chi connectivity index (χ3v) is 4.83. The van der Waals surface area contributed by atoms with Crippen molar-refractivity contribution in [2.75, 3.05) is 7.11 Å². The van der Waals surface area contributed by atoms with E-state index in [0.717, 1.165) is 29.8 Å². The number of hydrogen-bond donors (Lipinski definition) is 1. The van der Waals surface area contributed by atoms with Crippen molar-refractivity contribution in [1.82, 2.24) is 14.9 Å². The number of nitrogens with one attached hydrogen (secondary N) is 1. The molecular weight excluding hydrogens is 338 g/mol. The molecule has 1 heterocycles. The Hall–Kier alpha value is -3.08. The second-order valence-corrected chi connectivity index (χ2v) is 6.54. The number of ether oxygens (including phenoxy) is 1. The maximum Gasteiger partial charge on any atom is 0.244 e. The van der Waals surface area contributed by atoms with Crippen LogP contribution in [0.1, 0.15) is 32.3 Å². The molecule has 1 unspecified atom stereocenters. The molecule has 0 aliphatic heterocycles. The lowest BCUT2D eigenvalue weighted by Crippen LogP contribution is -2.32. The fourth-order valence-electron chi connectivity index (χ4n) is 3.34. The number of amides is 1. The lowest BCUT2D eigenvalue weighted by Gasteiger charge is -2.13. The normalized spacial score (nSPS) is 17.2. The largest absolute Gasteiger partial charge is 0.495 e. The molecule has 3 rings (SSSR count). The Labute approximate surface area is 160 Å². The first-order valence-corrected chi connectivity index (χ1v) is 9.09.